The van der Waals surface area contributed by atoms with Crippen molar-refractivity contribution in [2.45, 2.75) is 141 Å². The topological polar surface area (TPSA) is 248 Å². The number of nitrogens with zero attached hydrogens (tertiary/aromatic N) is 2. The number of unbranched alkanes of at least 4 members (excludes halogenated alkanes) is 2. The third kappa shape index (κ3) is 18.1. The van der Waals surface area contributed by atoms with Gasteiger partial charge in [0.25, 0.3) is 0 Å². The molecule has 78 heavy (non-hydrogen) atoms. The van der Waals surface area contributed by atoms with Gasteiger partial charge in [0.1, 0.15) is 23.7 Å². The van der Waals surface area contributed by atoms with Crippen LogP contribution >= 0.6 is 11.3 Å². The zero-order valence-electron chi connectivity index (χ0n) is 44.1. The van der Waals surface area contributed by atoms with Crippen molar-refractivity contribution >= 4 is 80.7 Å². The number of para-hydroxylation sites is 1. The number of hydrogen-bond donors (Lipinski definition) is 1. The minimum absolute atomic E-state index is 0.201. The van der Waals surface area contributed by atoms with Gasteiger partial charge < -0.3 is 37.9 Å². The van der Waals surface area contributed by atoms with Gasteiger partial charge >= 0.3 is 47.8 Å². The van der Waals surface area contributed by atoms with Crippen molar-refractivity contribution in [3.8, 4) is 11.5 Å². The molecule has 0 bridgehead atoms. The molecule has 1 heterocycles. The largest absolute Gasteiger partial charge is 0.465 e. The number of hydrazone groups is 1. The molecule has 4 aliphatic rings. The average molecular weight is 1100 g/mol. The Labute approximate surface area is 458 Å². The molecule has 0 unspecified atom stereocenters. The normalized spacial score (nSPS) is 23.2. The van der Waals surface area contributed by atoms with Crippen LogP contribution in [0.5, 0.6) is 11.5 Å². The van der Waals surface area contributed by atoms with E-state index in [2.05, 4.69) is 28.7 Å². The highest BCUT2D eigenvalue weighted by Gasteiger charge is 2.37. The first-order valence-corrected chi connectivity index (χ1v) is 28.2. The summed E-state index contributed by atoms with van der Waals surface area (Å²) in [5.74, 6) is -4.73. The highest BCUT2D eigenvalue weighted by atomic mass is 32.1. The zero-order valence-corrected chi connectivity index (χ0v) is 44.9. The van der Waals surface area contributed by atoms with Crippen LogP contribution in [-0.2, 0) is 66.8 Å². The Morgan fingerprint density at radius 2 is 0.949 bits per heavy atom. The number of aromatic nitrogens is 1. The molecule has 0 spiro atoms. The van der Waals surface area contributed by atoms with E-state index in [1.54, 1.807) is 18.2 Å². The molecule has 420 valence electrons. The van der Waals surface area contributed by atoms with Gasteiger partial charge in [0.05, 0.1) is 78.4 Å². The fourth-order valence-electron chi connectivity index (χ4n) is 10.2. The van der Waals surface area contributed by atoms with Gasteiger partial charge in [-0.2, -0.15) is 5.10 Å². The Kier molecular flexibility index (Phi) is 22.8. The van der Waals surface area contributed by atoms with Gasteiger partial charge in [-0.1, -0.05) is 36.6 Å². The molecule has 2 aromatic carbocycles. The van der Waals surface area contributed by atoms with E-state index in [9.17, 15) is 38.4 Å². The quantitative estimate of drug-likeness (QED) is 0.0158. The van der Waals surface area contributed by atoms with Crippen LogP contribution in [0.15, 0.2) is 72.9 Å². The van der Waals surface area contributed by atoms with Crippen molar-refractivity contribution in [1.82, 2.24) is 4.98 Å². The summed E-state index contributed by atoms with van der Waals surface area (Å²) in [6, 6.07) is 12.4. The standard InChI is InChI=1S/C58H71N3O16S/c1-3-50(62)70-31-7-9-33-72-52(64)37-21-25-44(26-22-37)74-54(66)39-13-15-41(16-14-39)56(68)76-46-29-30-48(43(35-46)36-59-61-58-60-47-11-5-6-12-49(47)78-58)77-57(69)42-19-17-40(18-20-42)55(67)75-45-27-23-38(24-28-45)53(65)73-34-10-8-32-71-51(63)4-2/h3-6,11-12,29-30,35-42,44-45H,1-2,7-10,13-28,31-34H2,(H,60,61)/b59-36+/t37-,38-,39-,40-,41-,42-,44-,45-. The maximum Gasteiger partial charge on any atom is 0.330 e. The molecule has 0 saturated heterocycles. The summed E-state index contributed by atoms with van der Waals surface area (Å²) in [5, 5.41) is 4.94. The van der Waals surface area contributed by atoms with Crippen LogP contribution in [-0.4, -0.2) is 97.6 Å². The summed E-state index contributed by atoms with van der Waals surface area (Å²) >= 11 is 1.42. The molecule has 0 amide bonds. The lowest BCUT2D eigenvalue weighted by Crippen LogP contribution is -2.33. The number of rotatable bonds is 25. The molecule has 3 aromatic rings. The molecule has 1 N–H and O–H groups in total. The first-order chi connectivity index (χ1) is 37.8. The number of esters is 8. The molecule has 19 nitrogen and oxygen atoms in total. The number of ether oxygens (including phenoxy) is 8. The number of carbonyl (C=O) groups is 8. The van der Waals surface area contributed by atoms with Crippen LogP contribution in [0.4, 0.5) is 5.13 Å². The van der Waals surface area contributed by atoms with Crippen molar-refractivity contribution in [3.63, 3.8) is 0 Å². The van der Waals surface area contributed by atoms with Crippen molar-refractivity contribution < 1.29 is 76.3 Å². The molecule has 0 radical (unpaired) electrons. The first-order valence-electron chi connectivity index (χ1n) is 27.4. The smallest absolute Gasteiger partial charge is 0.330 e. The van der Waals surface area contributed by atoms with Gasteiger partial charge in [-0.05, 0) is 159 Å². The predicted octanol–water partition coefficient (Wildman–Crippen LogP) is 9.48. The Morgan fingerprint density at radius 1 is 0.526 bits per heavy atom. The van der Waals surface area contributed by atoms with Crippen LogP contribution in [0.1, 0.15) is 134 Å². The molecule has 4 saturated carbocycles. The Bertz CT molecular complexity index is 2570. The van der Waals surface area contributed by atoms with Crippen molar-refractivity contribution in [1.29, 1.82) is 0 Å². The minimum atomic E-state index is -0.488. The first kappa shape index (κ1) is 58.7. The summed E-state index contributed by atoms with van der Waals surface area (Å²) in [6.45, 7) is 7.65. The van der Waals surface area contributed by atoms with Gasteiger partial charge in [-0.15, -0.1) is 0 Å². The van der Waals surface area contributed by atoms with Crippen LogP contribution < -0.4 is 14.9 Å². The number of fused-ring (bicyclic) bond motifs is 1. The van der Waals surface area contributed by atoms with E-state index in [4.69, 9.17) is 37.9 Å². The summed E-state index contributed by atoms with van der Waals surface area (Å²) in [6.07, 6.45) is 13.4. The monoisotopic (exact) mass is 1100 g/mol. The number of carbonyl (C=O) groups excluding carboxylic acids is 8. The Hall–Kier alpha value is -6.96. The summed E-state index contributed by atoms with van der Waals surface area (Å²) in [4.78, 5) is 106. The molecule has 1 aromatic heterocycles. The number of hydrogen-bond acceptors (Lipinski definition) is 20. The molecule has 0 aliphatic heterocycles. The number of thiazole rings is 1. The highest BCUT2D eigenvalue weighted by molar-refractivity contribution is 7.22. The fraction of sp³-hybridized carbons (Fsp3) is 0.552. The third-order valence-corrected chi connectivity index (χ3v) is 15.8. The lowest BCUT2D eigenvalue weighted by molar-refractivity contribution is -0.161. The van der Waals surface area contributed by atoms with Crippen LogP contribution in [0, 0.1) is 35.5 Å². The minimum Gasteiger partial charge on any atom is -0.465 e. The van der Waals surface area contributed by atoms with E-state index in [1.807, 2.05) is 24.3 Å². The van der Waals surface area contributed by atoms with E-state index < -0.39 is 35.7 Å². The van der Waals surface area contributed by atoms with Gasteiger partial charge in [-0.25, -0.2) is 14.6 Å². The molecule has 7 rings (SSSR count). The second kappa shape index (κ2) is 30.3. The van der Waals surface area contributed by atoms with E-state index >= 15 is 0 Å². The number of anilines is 1. The van der Waals surface area contributed by atoms with Gasteiger partial charge in [0.15, 0.2) is 0 Å². The summed E-state index contributed by atoms with van der Waals surface area (Å²) in [7, 11) is 0. The SMILES string of the molecule is C=CC(=O)OCCCCOC(=O)[C@H]1CC[C@H](OC(=O)[C@H]2CC[C@H](C(=O)Oc3ccc(OC(=O)[C@H]4CC[C@H](C(=O)O[C@H]5CC[C@H](C(=O)OCCCCOC(=O)C=C)CC5)CC4)c(/C=N/Nc4nc5ccccc5s4)c3)CC2)CC1. The summed E-state index contributed by atoms with van der Waals surface area (Å²) < 4.78 is 45.3. The average Bonchev–Trinajstić information content (AvgIpc) is 3.90. The predicted molar refractivity (Wildman–Crippen MR) is 286 cm³/mol. The second-order valence-electron chi connectivity index (χ2n) is 20.3. The Balaban J connectivity index is 0.841. The maximum atomic E-state index is 13.7. The lowest BCUT2D eigenvalue weighted by atomic mass is 9.82. The van der Waals surface area contributed by atoms with Crippen LogP contribution in [0.2, 0.25) is 0 Å². The maximum absolute atomic E-state index is 13.7. The van der Waals surface area contributed by atoms with Crippen molar-refractivity contribution in [2.24, 2.45) is 40.6 Å². The lowest BCUT2D eigenvalue weighted by Gasteiger charge is -2.30. The number of benzene rings is 2. The van der Waals surface area contributed by atoms with Crippen molar-refractivity contribution in [2.75, 3.05) is 31.9 Å². The van der Waals surface area contributed by atoms with Crippen molar-refractivity contribution in [3.05, 3.63) is 73.3 Å². The van der Waals surface area contributed by atoms with Gasteiger partial charge in [0.2, 0.25) is 5.13 Å². The molecule has 0 atom stereocenters. The van der Waals surface area contributed by atoms with E-state index in [0.29, 0.717) is 139 Å². The Morgan fingerprint density at radius 3 is 1.42 bits per heavy atom. The fourth-order valence-corrected chi connectivity index (χ4v) is 11.0. The molecular weight excluding hydrogens is 1030 g/mol. The third-order valence-electron chi connectivity index (χ3n) is 14.8. The van der Waals surface area contributed by atoms with Gasteiger partial charge in [0, 0.05) is 17.7 Å². The molecular formula is C58H71N3O16S. The zero-order chi connectivity index (χ0) is 55.2. The molecule has 4 fully saturated rings. The van der Waals surface area contributed by atoms with Gasteiger partial charge in [-0.3, -0.25) is 34.2 Å². The number of nitrogens with one attached hydrogen (secondary N) is 1. The summed E-state index contributed by atoms with van der Waals surface area (Å²) in [5.41, 5.74) is 4.13. The van der Waals surface area contributed by atoms with E-state index in [1.165, 1.54) is 17.6 Å². The second-order valence-corrected chi connectivity index (χ2v) is 21.3. The highest BCUT2D eigenvalue weighted by Crippen LogP contribution is 2.37. The van der Waals surface area contributed by atoms with E-state index in [-0.39, 0.29) is 97.7 Å². The molecule has 20 heteroatoms. The van der Waals surface area contributed by atoms with Crippen LogP contribution in [0.25, 0.3) is 10.2 Å². The molecule has 4 aliphatic carbocycles. The van der Waals surface area contributed by atoms with E-state index in [0.717, 1.165) is 22.4 Å². The van der Waals surface area contributed by atoms with Crippen LogP contribution in [0.3, 0.4) is 0 Å².